The molecule has 6 heteroatoms. The van der Waals surface area contributed by atoms with Crippen LogP contribution in [0.3, 0.4) is 0 Å². The van der Waals surface area contributed by atoms with Crippen molar-refractivity contribution >= 4 is 35.6 Å². The number of imide groups is 1. The Kier molecular flexibility index (Phi) is 5.27. The molecule has 2 atom stereocenters. The van der Waals surface area contributed by atoms with Gasteiger partial charge in [0, 0.05) is 11.3 Å². The molecule has 0 radical (unpaired) electrons. The molecule has 27 heavy (non-hydrogen) atoms. The summed E-state index contributed by atoms with van der Waals surface area (Å²) in [6.45, 7) is 1.61. The number of fused-ring (bicyclic) bond motifs is 3. The number of nitrogens with zero attached hydrogens (tertiary/aromatic N) is 1. The number of anilines is 2. The Morgan fingerprint density at radius 3 is 2.56 bits per heavy atom. The summed E-state index contributed by atoms with van der Waals surface area (Å²) in [4.78, 5) is 27.6. The normalized spacial score (nSPS) is 19.4. The van der Waals surface area contributed by atoms with E-state index in [-0.39, 0.29) is 24.2 Å². The second kappa shape index (κ2) is 7.33. The van der Waals surface area contributed by atoms with E-state index >= 15 is 0 Å². The minimum atomic E-state index is -0.768. The molecule has 5 nitrogen and oxygen atoms in total. The highest BCUT2D eigenvalue weighted by atomic mass is 35.5. The van der Waals surface area contributed by atoms with Gasteiger partial charge in [-0.3, -0.25) is 9.59 Å². The molecule has 2 aliphatic rings. The van der Waals surface area contributed by atoms with Crippen molar-refractivity contribution in [3.63, 3.8) is 0 Å². The smallest absolute Gasteiger partial charge is 0.250 e. The van der Waals surface area contributed by atoms with Gasteiger partial charge in [-0.2, -0.15) is 0 Å². The van der Waals surface area contributed by atoms with Crippen LogP contribution in [-0.2, 0) is 9.59 Å². The van der Waals surface area contributed by atoms with Gasteiger partial charge in [0.25, 0.3) is 0 Å². The van der Waals surface area contributed by atoms with Crippen LogP contribution in [0.25, 0.3) is 11.1 Å². The van der Waals surface area contributed by atoms with E-state index in [0.29, 0.717) is 17.3 Å². The van der Waals surface area contributed by atoms with Gasteiger partial charge in [-0.15, -0.1) is 12.4 Å². The molecule has 142 valence electrons. The Hall–Kier alpha value is -2.37. The number of nitrogens with two attached hydrogens (primary N) is 2. The number of rotatable bonds is 3. The Morgan fingerprint density at radius 1 is 1.19 bits per heavy atom. The average Bonchev–Trinajstić information content (AvgIpc) is 3.44. The lowest BCUT2D eigenvalue weighted by molar-refractivity contribution is -0.128. The highest BCUT2D eigenvalue weighted by Gasteiger charge is 2.40. The van der Waals surface area contributed by atoms with E-state index in [1.165, 1.54) is 4.90 Å². The summed E-state index contributed by atoms with van der Waals surface area (Å²) < 4.78 is 0. The van der Waals surface area contributed by atoms with Crippen molar-refractivity contribution in [1.82, 2.24) is 0 Å². The molecule has 1 unspecified atom stereocenters. The highest BCUT2D eigenvalue weighted by molar-refractivity contribution is 6.22. The van der Waals surface area contributed by atoms with Gasteiger partial charge >= 0.3 is 0 Å². The van der Waals surface area contributed by atoms with Crippen molar-refractivity contribution in [2.75, 3.05) is 10.6 Å². The van der Waals surface area contributed by atoms with Gasteiger partial charge in [-0.25, -0.2) is 4.90 Å². The zero-order valence-corrected chi connectivity index (χ0v) is 16.0. The third kappa shape index (κ3) is 3.33. The van der Waals surface area contributed by atoms with Crippen LogP contribution in [0.2, 0.25) is 0 Å². The maximum Gasteiger partial charge on any atom is 0.250 e. The molecule has 0 bridgehead atoms. The molecule has 0 spiro atoms. The summed E-state index contributed by atoms with van der Waals surface area (Å²) in [5, 5.41) is 0. The molecule has 0 aromatic heterocycles. The van der Waals surface area contributed by atoms with Gasteiger partial charge in [0.1, 0.15) is 0 Å². The first-order chi connectivity index (χ1) is 12.5. The molecule has 1 saturated carbocycles. The van der Waals surface area contributed by atoms with Crippen LogP contribution < -0.4 is 16.4 Å². The third-order valence-corrected chi connectivity index (χ3v) is 5.32. The summed E-state index contributed by atoms with van der Waals surface area (Å²) in [5.74, 6) is -0.400. The summed E-state index contributed by atoms with van der Waals surface area (Å²) in [5.41, 5.74) is 15.9. The average molecular weight is 386 g/mol. The molecule has 4 rings (SSSR count). The molecule has 1 aliphatic heterocycles. The molecule has 1 heterocycles. The largest absolute Gasteiger partial charge is 0.398 e. The van der Waals surface area contributed by atoms with Crippen LogP contribution in [0.5, 0.6) is 0 Å². The number of hydrogen-bond acceptors (Lipinski definition) is 4. The minimum Gasteiger partial charge on any atom is -0.398 e. The second-order valence-electron chi connectivity index (χ2n) is 7.36. The fourth-order valence-corrected chi connectivity index (χ4v) is 3.82. The summed E-state index contributed by atoms with van der Waals surface area (Å²) in [6.07, 6.45) is 3.04. The van der Waals surface area contributed by atoms with Crippen molar-refractivity contribution in [2.24, 2.45) is 11.7 Å². The van der Waals surface area contributed by atoms with E-state index in [0.717, 1.165) is 36.0 Å². The van der Waals surface area contributed by atoms with Gasteiger partial charge in [-0.05, 0) is 42.5 Å². The predicted octanol–water partition coefficient (Wildman–Crippen LogP) is 3.46. The van der Waals surface area contributed by atoms with Crippen LogP contribution in [0.4, 0.5) is 11.4 Å². The second-order valence-corrected chi connectivity index (χ2v) is 7.36. The molecule has 2 amide bonds. The van der Waals surface area contributed by atoms with Gasteiger partial charge in [-0.1, -0.05) is 43.2 Å². The number of carbonyl (C=O) groups excluding carboxylic acids is 2. The van der Waals surface area contributed by atoms with Crippen molar-refractivity contribution in [1.29, 1.82) is 0 Å². The Labute approximate surface area is 165 Å². The molecule has 1 aliphatic carbocycles. The SMILES string of the molecule is C[C@H](N)C(=O)N1C(=O)C(CC2CC2)c2ccccc2-c2c(N)cccc21.Cl. The first-order valence-electron chi connectivity index (χ1n) is 9.10. The third-order valence-electron chi connectivity index (χ3n) is 5.32. The van der Waals surface area contributed by atoms with E-state index < -0.39 is 11.9 Å². The molecule has 2 aromatic carbocycles. The fraction of sp³-hybridized carbons (Fsp3) is 0.333. The van der Waals surface area contributed by atoms with Crippen LogP contribution in [0, 0.1) is 5.92 Å². The van der Waals surface area contributed by atoms with Crippen LogP contribution in [0.15, 0.2) is 42.5 Å². The topological polar surface area (TPSA) is 89.4 Å². The molecule has 4 N–H and O–H groups in total. The van der Waals surface area contributed by atoms with Crippen LogP contribution in [0.1, 0.15) is 37.7 Å². The first-order valence-corrected chi connectivity index (χ1v) is 9.10. The number of halogens is 1. The highest BCUT2D eigenvalue weighted by Crippen LogP contribution is 2.48. The quantitative estimate of drug-likeness (QED) is 0.791. The van der Waals surface area contributed by atoms with Gasteiger partial charge in [0.15, 0.2) is 0 Å². The monoisotopic (exact) mass is 385 g/mol. The molecule has 2 aromatic rings. The van der Waals surface area contributed by atoms with E-state index in [4.69, 9.17) is 11.5 Å². The molecular formula is C21H24ClN3O2. The van der Waals surface area contributed by atoms with E-state index in [2.05, 4.69) is 0 Å². The Morgan fingerprint density at radius 2 is 1.89 bits per heavy atom. The van der Waals surface area contributed by atoms with Crippen LogP contribution in [-0.4, -0.2) is 17.9 Å². The lowest BCUT2D eigenvalue weighted by Crippen LogP contribution is -2.47. The standard InChI is InChI=1S/C21H23N3O2.ClH/c1-12(22)20(25)24-18-8-4-7-17(23)19(18)15-6-3-2-5-14(15)16(21(24)26)11-13-9-10-13;/h2-8,12-13,16H,9-11,22-23H2,1H3;1H/t12-,16?;/m0./s1. The lowest BCUT2D eigenvalue weighted by atomic mass is 9.87. The maximum atomic E-state index is 13.5. The number of amides is 2. The number of hydrogen-bond donors (Lipinski definition) is 2. The van der Waals surface area contributed by atoms with Crippen molar-refractivity contribution < 1.29 is 9.59 Å². The number of nitrogen functional groups attached to an aromatic ring is 1. The van der Waals surface area contributed by atoms with Gasteiger partial charge in [0.05, 0.1) is 17.6 Å². The zero-order valence-electron chi connectivity index (χ0n) is 15.2. The lowest BCUT2D eigenvalue weighted by Gasteiger charge is -2.26. The van der Waals surface area contributed by atoms with Crippen molar-refractivity contribution in [3.05, 3.63) is 48.0 Å². The molecule has 1 fully saturated rings. The predicted molar refractivity (Wildman–Crippen MR) is 110 cm³/mol. The summed E-state index contributed by atoms with van der Waals surface area (Å²) >= 11 is 0. The summed E-state index contributed by atoms with van der Waals surface area (Å²) in [6, 6.07) is 12.4. The van der Waals surface area contributed by atoms with E-state index in [9.17, 15) is 9.59 Å². The maximum absolute atomic E-state index is 13.5. The number of benzene rings is 2. The first kappa shape index (κ1) is 19.4. The van der Waals surface area contributed by atoms with E-state index in [1.54, 1.807) is 25.1 Å². The Bertz CT molecular complexity index is 893. The van der Waals surface area contributed by atoms with Crippen molar-refractivity contribution in [3.8, 4) is 11.1 Å². The minimum absolute atomic E-state index is 0. The van der Waals surface area contributed by atoms with Crippen molar-refractivity contribution in [2.45, 2.75) is 38.1 Å². The van der Waals surface area contributed by atoms with E-state index in [1.807, 2.05) is 24.3 Å². The molecule has 0 saturated heterocycles. The fourth-order valence-electron chi connectivity index (χ4n) is 3.82. The molecular weight excluding hydrogens is 362 g/mol. The van der Waals surface area contributed by atoms with Gasteiger partial charge in [0.2, 0.25) is 11.8 Å². The zero-order chi connectivity index (χ0) is 18.4. The van der Waals surface area contributed by atoms with Gasteiger partial charge < -0.3 is 11.5 Å². The summed E-state index contributed by atoms with van der Waals surface area (Å²) in [7, 11) is 0. The van der Waals surface area contributed by atoms with Crippen LogP contribution >= 0.6 is 12.4 Å². The Balaban J connectivity index is 0.00000210. The number of carbonyl (C=O) groups is 2.